The van der Waals surface area contributed by atoms with E-state index in [9.17, 15) is 9.59 Å². The maximum absolute atomic E-state index is 12.9. The maximum Gasteiger partial charge on any atom is 0.220 e. The molecule has 3 aromatic rings. The van der Waals surface area contributed by atoms with Gasteiger partial charge < -0.3 is 30.4 Å². The molecule has 5 rings (SSSR count). The fourth-order valence-electron chi connectivity index (χ4n) is 6.80. The molecule has 10 nitrogen and oxygen atoms in total. The molecule has 0 radical (unpaired) electrons. The summed E-state index contributed by atoms with van der Waals surface area (Å²) in [6, 6.07) is 8.31. The molecule has 10 heteroatoms. The smallest absolute Gasteiger partial charge is 0.220 e. The predicted octanol–water partition coefficient (Wildman–Crippen LogP) is 6.69. The van der Waals surface area contributed by atoms with Crippen molar-refractivity contribution in [2.45, 2.75) is 53.4 Å². The van der Waals surface area contributed by atoms with Crippen LogP contribution in [-0.2, 0) is 16.0 Å². The first-order valence-corrected chi connectivity index (χ1v) is 18.0. The quantitative estimate of drug-likeness (QED) is 0.149. The Balaban J connectivity index is 1.72. The molecule has 52 heavy (non-hydrogen) atoms. The van der Waals surface area contributed by atoms with E-state index in [-0.39, 0.29) is 11.8 Å². The van der Waals surface area contributed by atoms with Crippen LogP contribution in [0.1, 0.15) is 78.1 Å². The first-order valence-electron chi connectivity index (χ1n) is 18.0. The summed E-state index contributed by atoms with van der Waals surface area (Å²) in [5.41, 5.74) is 15.2. The monoisotopic (exact) mass is 702 g/mol. The Kier molecular flexibility index (Phi) is 12.1. The molecule has 0 saturated carbocycles. The van der Waals surface area contributed by atoms with Crippen LogP contribution >= 0.6 is 0 Å². The molecule has 4 N–H and O–H groups in total. The van der Waals surface area contributed by atoms with Crippen molar-refractivity contribution in [1.82, 2.24) is 40.4 Å². The van der Waals surface area contributed by atoms with Crippen molar-refractivity contribution >= 4 is 62.2 Å². The molecule has 0 fully saturated rings. The minimum absolute atomic E-state index is 0.0107. The van der Waals surface area contributed by atoms with Gasteiger partial charge in [-0.15, -0.1) is 0 Å². The van der Waals surface area contributed by atoms with Crippen molar-refractivity contribution in [2.24, 2.45) is 0 Å². The van der Waals surface area contributed by atoms with Gasteiger partial charge in [0.2, 0.25) is 11.8 Å². The van der Waals surface area contributed by atoms with E-state index in [0.717, 1.165) is 102 Å². The Bertz CT molecular complexity index is 2130. The molecular weight excluding hydrogens is 649 g/mol. The van der Waals surface area contributed by atoms with E-state index >= 15 is 0 Å². The van der Waals surface area contributed by atoms with Crippen LogP contribution in [0.3, 0.4) is 0 Å². The Labute approximate surface area is 307 Å². The number of hydrogen-bond donors (Lipinski definition) is 4. The largest absolute Gasteiger partial charge is 0.355 e. The van der Waals surface area contributed by atoms with Gasteiger partial charge in [-0.05, 0) is 126 Å². The highest BCUT2D eigenvalue weighted by atomic mass is 16.2. The highest BCUT2D eigenvalue weighted by Crippen LogP contribution is 2.36. The van der Waals surface area contributed by atoms with Gasteiger partial charge in [0.25, 0.3) is 0 Å². The number of aromatic amines is 2. The fraction of sp³-hybridized carbons (Fsp3) is 0.381. The number of rotatable bonds is 14. The standard InChI is InChI=1S/C42H54N8O2/c1-11-29-25(3)33-21-34-27(5)31(13-15-41(51)43-17-19-49(7)8)39(47-34)24-40-32(14-16-42(52)44-18-20-50(9)10)28(6)36(48-40)23-38-30(12-2)26(4)35(46-38)22-37(29)45-33/h11-12,21-24,45,48H,1-2,13-20H2,3-10H3,(H,43,51)(H,44,52). The Morgan fingerprint density at radius 1 is 0.673 bits per heavy atom. The number of aryl methyl sites for hydroxylation is 3. The van der Waals surface area contributed by atoms with E-state index in [1.54, 1.807) is 0 Å². The van der Waals surface area contributed by atoms with Crippen molar-refractivity contribution in [3.05, 3.63) is 88.5 Å². The minimum atomic E-state index is 0.0107. The van der Waals surface area contributed by atoms with Crippen molar-refractivity contribution in [3.63, 3.8) is 0 Å². The third kappa shape index (κ3) is 8.52. The highest BCUT2D eigenvalue weighted by molar-refractivity contribution is 5.98. The summed E-state index contributed by atoms with van der Waals surface area (Å²) in [6.45, 7) is 19.3. The molecule has 0 aromatic carbocycles. The molecule has 0 atom stereocenters. The molecule has 2 aliphatic heterocycles. The van der Waals surface area contributed by atoms with Crippen molar-refractivity contribution < 1.29 is 9.59 Å². The molecule has 0 spiro atoms. The summed E-state index contributed by atoms with van der Waals surface area (Å²) in [7, 11) is 7.96. The summed E-state index contributed by atoms with van der Waals surface area (Å²) in [5, 5.41) is 6.10. The number of allylic oxidation sites excluding steroid dienone is 5. The Morgan fingerprint density at radius 2 is 1.19 bits per heavy atom. The third-order valence-corrected chi connectivity index (χ3v) is 10.0. The summed E-state index contributed by atoms with van der Waals surface area (Å²) in [4.78, 5) is 47.6. The van der Waals surface area contributed by atoms with Crippen LogP contribution < -0.4 is 10.6 Å². The van der Waals surface area contributed by atoms with Crippen molar-refractivity contribution in [3.8, 4) is 0 Å². The van der Waals surface area contributed by atoms with Gasteiger partial charge >= 0.3 is 0 Å². The molecular formula is C42H54N8O2. The number of amides is 2. The van der Waals surface area contributed by atoms with Gasteiger partial charge in [0, 0.05) is 72.2 Å². The van der Waals surface area contributed by atoms with Gasteiger partial charge in [-0.1, -0.05) is 25.3 Å². The molecule has 3 aromatic heterocycles. The molecule has 274 valence electrons. The number of aromatic nitrogens is 4. The number of fused-ring (bicyclic) bond motifs is 8. The van der Waals surface area contributed by atoms with Crippen LogP contribution in [0.4, 0.5) is 0 Å². The summed E-state index contributed by atoms with van der Waals surface area (Å²) < 4.78 is 0. The Hall–Kier alpha value is -5.06. The van der Waals surface area contributed by atoms with Crippen LogP contribution in [0.2, 0.25) is 0 Å². The van der Waals surface area contributed by atoms with Crippen molar-refractivity contribution in [2.75, 3.05) is 54.4 Å². The van der Waals surface area contributed by atoms with E-state index in [1.807, 2.05) is 50.1 Å². The lowest BCUT2D eigenvalue weighted by molar-refractivity contribution is -0.121. The van der Waals surface area contributed by atoms with E-state index in [0.29, 0.717) is 38.8 Å². The number of nitrogens with one attached hydrogen (secondary N) is 4. The number of hydrogen-bond acceptors (Lipinski definition) is 6. The third-order valence-electron chi connectivity index (χ3n) is 10.0. The normalized spacial score (nSPS) is 13.0. The number of carbonyl (C=O) groups excluding carboxylic acids is 2. The lowest BCUT2D eigenvalue weighted by Crippen LogP contribution is -2.31. The summed E-state index contributed by atoms with van der Waals surface area (Å²) >= 11 is 0. The zero-order chi connectivity index (χ0) is 37.7. The van der Waals surface area contributed by atoms with Gasteiger partial charge in [-0.3, -0.25) is 9.59 Å². The second-order valence-corrected chi connectivity index (χ2v) is 14.2. The SMILES string of the molecule is C=CC1=C(C)c2cc3[nH]c(cc4nc(cc5[nH]c(cc1n2)c(C)c5CCC(=O)NCCN(C)C)C(CCC(=O)NCCN(C)C)=C4C)c(C)c3C=C. The van der Waals surface area contributed by atoms with Crippen LogP contribution in [0.15, 0.2) is 43.5 Å². The van der Waals surface area contributed by atoms with E-state index < -0.39 is 0 Å². The first kappa shape index (κ1) is 38.2. The van der Waals surface area contributed by atoms with Crippen LogP contribution in [-0.4, -0.2) is 95.9 Å². The second kappa shape index (κ2) is 16.5. The van der Waals surface area contributed by atoms with E-state index in [1.165, 1.54) is 0 Å². The minimum Gasteiger partial charge on any atom is -0.355 e. The number of carbonyl (C=O) groups is 2. The molecule has 0 aliphatic carbocycles. The van der Waals surface area contributed by atoms with E-state index in [4.69, 9.17) is 9.97 Å². The zero-order valence-corrected chi connectivity index (χ0v) is 32.1. The van der Waals surface area contributed by atoms with Crippen molar-refractivity contribution in [1.29, 1.82) is 0 Å². The van der Waals surface area contributed by atoms with Gasteiger partial charge in [-0.25, -0.2) is 9.97 Å². The topological polar surface area (TPSA) is 122 Å². The highest BCUT2D eigenvalue weighted by Gasteiger charge is 2.21. The Morgan fingerprint density at radius 3 is 1.81 bits per heavy atom. The number of likely N-dealkylation sites (N-methyl/N-ethyl adjacent to an activating group) is 2. The average Bonchev–Trinajstić information content (AvgIpc) is 3.75. The van der Waals surface area contributed by atoms with Gasteiger partial charge in [-0.2, -0.15) is 0 Å². The van der Waals surface area contributed by atoms with Crippen LogP contribution in [0, 0.1) is 13.8 Å². The first-order chi connectivity index (χ1) is 24.8. The van der Waals surface area contributed by atoms with Gasteiger partial charge in [0.15, 0.2) is 0 Å². The fourth-order valence-corrected chi connectivity index (χ4v) is 6.80. The van der Waals surface area contributed by atoms with E-state index in [2.05, 4.69) is 85.7 Å². The number of nitrogens with zero attached hydrogens (tertiary/aromatic N) is 4. The van der Waals surface area contributed by atoms with Gasteiger partial charge in [0.1, 0.15) is 0 Å². The summed E-state index contributed by atoms with van der Waals surface area (Å²) in [6.07, 6.45) is 5.52. The lowest BCUT2D eigenvalue weighted by atomic mass is 10.00. The molecule has 0 saturated heterocycles. The average molecular weight is 703 g/mol. The second-order valence-electron chi connectivity index (χ2n) is 14.2. The maximum atomic E-state index is 12.9. The molecule has 8 bridgehead atoms. The molecule has 5 heterocycles. The lowest BCUT2D eigenvalue weighted by Gasteiger charge is -2.11. The zero-order valence-electron chi connectivity index (χ0n) is 32.1. The molecule has 2 amide bonds. The van der Waals surface area contributed by atoms with Gasteiger partial charge in [0.05, 0.1) is 22.8 Å². The molecule has 2 aliphatic rings. The predicted molar refractivity (Wildman–Crippen MR) is 216 cm³/mol. The van der Waals surface area contributed by atoms with Crippen LogP contribution in [0.25, 0.3) is 50.4 Å². The number of H-pyrrole nitrogens is 2. The summed E-state index contributed by atoms with van der Waals surface area (Å²) in [5.74, 6) is 0.0240. The molecule has 0 unspecified atom stereocenters. The van der Waals surface area contributed by atoms with Crippen LogP contribution in [0.5, 0.6) is 0 Å².